The van der Waals surface area contributed by atoms with Gasteiger partial charge in [-0.05, 0) is 55.0 Å². The predicted octanol–water partition coefficient (Wildman–Crippen LogP) is 2.60. The number of fused-ring (bicyclic) bond motifs is 8. The first-order chi connectivity index (χ1) is 18.1. The van der Waals surface area contributed by atoms with Gasteiger partial charge in [0.2, 0.25) is 11.8 Å². The number of aromatic nitrogens is 4. The Bertz CT molecular complexity index is 1190. The van der Waals surface area contributed by atoms with Crippen LogP contribution in [-0.4, -0.2) is 62.9 Å². The summed E-state index contributed by atoms with van der Waals surface area (Å²) in [5.41, 5.74) is 2.41. The first kappa shape index (κ1) is 24.9. The molecule has 37 heavy (non-hydrogen) atoms. The van der Waals surface area contributed by atoms with E-state index in [1.54, 1.807) is 12.4 Å². The Morgan fingerprint density at radius 2 is 1.95 bits per heavy atom. The van der Waals surface area contributed by atoms with Gasteiger partial charge in [-0.1, -0.05) is 23.4 Å². The fourth-order valence-corrected chi connectivity index (χ4v) is 5.18. The Hall–Kier alpha value is -3.75. The second-order valence-electron chi connectivity index (χ2n) is 10.0. The first-order valence-electron chi connectivity index (χ1n) is 13.2. The Morgan fingerprint density at radius 3 is 2.73 bits per heavy atom. The maximum Gasteiger partial charge on any atom is 0.226 e. The van der Waals surface area contributed by atoms with Crippen molar-refractivity contribution < 1.29 is 14.3 Å². The molecule has 1 spiro atoms. The number of carbonyl (C=O) groups excluding carboxylic acids is 2. The number of rotatable bonds is 3. The molecular formula is C28H34N6O3. The van der Waals surface area contributed by atoms with Gasteiger partial charge >= 0.3 is 0 Å². The van der Waals surface area contributed by atoms with Crippen molar-refractivity contribution in [3.8, 4) is 5.75 Å². The third kappa shape index (κ3) is 6.34. The van der Waals surface area contributed by atoms with Crippen molar-refractivity contribution in [2.75, 3.05) is 26.2 Å². The van der Waals surface area contributed by atoms with Crippen LogP contribution < -0.4 is 10.1 Å². The molecule has 9 nitrogen and oxygen atoms in total. The van der Waals surface area contributed by atoms with Crippen molar-refractivity contribution in [1.82, 2.24) is 30.2 Å². The minimum Gasteiger partial charge on any atom is -0.494 e. The number of piperidine rings is 1. The predicted molar refractivity (Wildman–Crippen MR) is 138 cm³/mol. The van der Waals surface area contributed by atoms with Crippen LogP contribution in [0, 0.1) is 5.41 Å². The number of pyridine rings is 1. The van der Waals surface area contributed by atoms with Gasteiger partial charge in [0.1, 0.15) is 5.75 Å². The second-order valence-corrected chi connectivity index (χ2v) is 10.0. The molecule has 1 fully saturated rings. The van der Waals surface area contributed by atoms with Gasteiger partial charge in [-0.3, -0.25) is 19.3 Å². The number of likely N-dealkylation sites (tertiary alicyclic amines) is 1. The molecular weight excluding hydrogens is 468 g/mol. The van der Waals surface area contributed by atoms with Crippen LogP contribution in [0.3, 0.4) is 0 Å². The lowest BCUT2D eigenvalue weighted by Gasteiger charge is -2.40. The van der Waals surface area contributed by atoms with Crippen molar-refractivity contribution in [3.05, 3.63) is 71.8 Å². The highest BCUT2D eigenvalue weighted by Crippen LogP contribution is 2.35. The van der Waals surface area contributed by atoms with E-state index in [1.165, 1.54) is 0 Å². The van der Waals surface area contributed by atoms with E-state index in [2.05, 4.69) is 20.6 Å². The number of carbonyl (C=O) groups is 2. The molecule has 3 aromatic rings. The van der Waals surface area contributed by atoms with Gasteiger partial charge in [0, 0.05) is 64.0 Å². The summed E-state index contributed by atoms with van der Waals surface area (Å²) < 4.78 is 7.67. The van der Waals surface area contributed by atoms with Crippen LogP contribution in [0.15, 0.2) is 55.0 Å². The minimum atomic E-state index is -0.609. The molecule has 4 bridgehead atoms. The van der Waals surface area contributed by atoms with Gasteiger partial charge in [-0.15, -0.1) is 5.10 Å². The maximum atomic E-state index is 13.6. The van der Waals surface area contributed by atoms with E-state index in [-0.39, 0.29) is 11.8 Å². The van der Waals surface area contributed by atoms with Crippen molar-refractivity contribution in [2.24, 2.45) is 5.41 Å². The quantitative estimate of drug-likeness (QED) is 0.591. The average molecular weight is 503 g/mol. The Kier molecular flexibility index (Phi) is 7.77. The SMILES string of the molecule is O=C(CCc1cccnc1)N1CCC2(CC1)Cc1cn(nn1)CCCOc1ccc(cc1)CCNC2=O. The Balaban J connectivity index is 1.27. The zero-order chi connectivity index (χ0) is 25.5. The van der Waals surface area contributed by atoms with Crippen LogP contribution in [0.1, 0.15) is 42.5 Å². The molecule has 2 amide bonds. The molecule has 3 aliphatic rings. The second kappa shape index (κ2) is 11.5. The molecule has 0 atom stereocenters. The van der Waals surface area contributed by atoms with Crippen LogP contribution in [0.5, 0.6) is 5.75 Å². The molecule has 0 radical (unpaired) electrons. The maximum absolute atomic E-state index is 13.6. The molecule has 5 heterocycles. The van der Waals surface area contributed by atoms with Gasteiger partial charge in [0.05, 0.1) is 17.7 Å². The minimum absolute atomic E-state index is 0.0359. The molecule has 0 aliphatic carbocycles. The highest BCUT2D eigenvalue weighted by Gasteiger charge is 2.42. The molecule has 2 aromatic heterocycles. The van der Waals surface area contributed by atoms with Crippen LogP contribution in [-0.2, 0) is 35.4 Å². The van der Waals surface area contributed by atoms with Gasteiger partial charge in [-0.2, -0.15) is 0 Å². The van der Waals surface area contributed by atoms with E-state index in [4.69, 9.17) is 4.74 Å². The number of ether oxygens (including phenoxy) is 1. The summed E-state index contributed by atoms with van der Waals surface area (Å²) in [6, 6.07) is 11.9. The van der Waals surface area contributed by atoms with E-state index in [0.29, 0.717) is 64.9 Å². The number of benzene rings is 1. The van der Waals surface area contributed by atoms with Crippen molar-refractivity contribution in [2.45, 2.75) is 51.5 Å². The highest BCUT2D eigenvalue weighted by atomic mass is 16.5. The monoisotopic (exact) mass is 502 g/mol. The fraction of sp³-hybridized carbons (Fsp3) is 0.464. The molecule has 1 N–H and O–H groups in total. The first-order valence-corrected chi connectivity index (χ1v) is 13.2. The zero-order valence-electron chi connectivity index (χ0n) is 21.1. The van der Waals surface area contributed by atoms with Gasteiger partial charge in [0.15, 0.2) is 0 Å². The lowest BCUT2D eigenvalue weighted by atomic mass is 9.74. The van der Waals surface area contributed by atoms with E-state index in [9.17, 15) is 9.59 Å². The van der Waals surface area contributed by atoms with Crippen molar-refractivity contribution >= 4 is 11.8 Å². The van der Waals surface area contributed by atoms with E-state index < -0.39 is 5.41 Å². The van der Waals surface area contributed by atoms with Gasteiger partial charge < -0.3 is 15.0 Å². The summed E-state index contributed by atoms with van der Waals surface area (Å²) >= 11 is 0. The summed E-state index contributed by atoms with van der Waals surface area (Å²) in [5, 5.41) is 11.8. The number of aryl methyl sites for hydroxylation is 2. The molecule has 9 heteroatoms. The smallest absolute Gasteiger partial charge is 0.226 e. The highest BCUT2D eigenvalue weighted by molar-refractivity contribution is 5.84. The number of amides is 2. The normalized spacial score (nSPS) is 18.2. The number of nitrogens with zero attached hydrogens (tertiary/aromatic N) is 5. The van der Waals surface area contributed by atoms with Gasteiger partial charge in [0.25, 0.3) is 0 Å². The van der Waals surface area contributed by atoms with Crippen LogP contribution in [0.4, 0.5) is 0 Å². The summed E-state index contributed by atoms with van der Waals surface area (Å²) in [7, 11) is 0. The van der Waals surface area contributed by atoms with Crippen LogP contribution >= 0.6 is 0 Å². The largest absolute Gasteiger partial charge is 0.494 e. The third-order valence-corrected chi connectivity index (χ3v) is 7.43. The van der Waals surface area contributed by atoms with E-state index >= 15 is 0 Å². The third-order valence-electron chi connectivity index (χ3n) is 7.43. The fourth-order valence-electron chi connectivity index (χ4n) is 5.18. The molecule has 194 valence electrons. The van der Waals surface area contributed by atoms with Gasteiger partial charge in [-0.25, -0.2) is 0 Å². The average Bonchev–Trinajstić information content (AvgIpc) is 3.38. The molecule has 3 aliphatic heterocycles. The van der Waals surface area contributed by atoms with E-state index in [1.807, 2.05) is 52.2 Å². The number of hydrogen-bond acceptors (Lipinski definition) is 6. The van der Waals surface area contributed by atoms with Crippen LogP contribution in [0.2, 0.25) is 0 Å². The number of hydrogen-bond donors (Lipinski definition) is 1. The summed E-state index contributed by atoms with van der Waals surface area (Å²) in [6.45, 7) is 2.98. The van der Waals surface area contributed by atoms with E-state index in [0.717, 1.165) is 35.4 Å². The zero-order valence-corrected chi connectivity index (χ0v) is 21.1. The number of nitrogens with one attached hydrogen (secondary N) is 1. The molecule has 0 saturated carbocycles. The van der Waals surface area contributed by atoms with Crippen LogP contribution in [0.25, 0.3) is 0 Å². The summed E-state index contributed by atoms with van der Waals surface area (Å²) in [6.07, 6.45) is 9.88. The molecule has 1 aromatic carbocycles. The lowest BCUT2D eigenvalue weighted by Crippen LogP contribution is -2.51. The van der Waals surface area contributed by atoms with Crippen molar-refractivity contribution in [1.29, 1.82) is 0 Å². The standard InChI is InChI=1S/C28H34N6O3/c35-26(9-6-23-3-1-13-29-20-23)33-16-11-28(12-17-33)19-24-21-34(32-31-24)15-2-18-37-25-7-4-22(5-8-25)10-14-30-27(28)36/h1,3-5,7-8,13,20-21H,2,6,9-12,14-19H2,(H,30,36). The molecule has 6 rings (SSSR count). The summed E-state index contributed by atoms with van der Waals surface area (Å²) in [5.74, 6) is 1.01. The molecule has 0 unspecified atom stereocenters. The Morgan fingerprint density at radius 1 is 1.11 bits per heavy atom. The Labute approximate surface area is 217 Å². The molecule has 1 saturated heterocycles. The van der Waals surface area contributed by atoms with Crippen molar-refractivity contribution in [3.63, 3.8) is 0 Å². The topological polar surface area (TPSA) is 102 Å². The lowest BCUT2D eigenvalue weighted by molar-refractivity contribution is -0.140. The summed E-state index contributed by atoms with van der Waals surface area (Å²) in [4.78, 5) is 32.5.